The Morgan fingerprint density at radius 2 is 2.11 bits per heavy atom. The molecule has 0 saturated carbocycles. The molecular weight excluding hydrogens is 268 g/mol. The molecular formula is C13H13ClN2OS+2. The van der Waals surface area contributed by atoms with Gasteiger partial charge in [-0.2, -0.15) is 0 Å². The van der Waals surface area contributed by atoms with Gasteiger partial charge >= 0.3 is 11.1 Å². The summed E-state index contributed by atoms with van der Waals surface area (Å²) in [6.45, 7) is 3.37. The molecule has 1 N–H and O–H groups in total. The van der Waals surface area contributed by atoms with E-state index in [4.69, 9.17) is 11.6 Å². The summed E-state index contributed by atoms with van der Waals surface area (Å²) in [6.07, 6.45) is 0. The van der Waals surface area contributed by atoms with Crippen molar-refractivity contribution in [1.82, 2.24) is 0 Å². The van der Waals surface area contributed by atoms with Crippen LogP contribution < -0.4 is 4.90 Å². The monoisotopic (exact) mass is 280 g/mol. The second-order valence-corrected chi connectivity index (χ2v) is 5.66. The summed E-state index contributed by atoms with van der Waals surface area (Å²) in [7, 11) is 0. The maximum absolute atomic E-state index is 11.5. The molecule has 0 aliphatic carbocycles. The maximum Gasteiger partial charge on any atom is 0.417 e. The Balaban J connectivity index is 1.94. The molecule has 1 aromatic rings. The first-order valence-electron chi connectivity index (χ1n) is 5.81. The van der Waals surface area contributed by atoms with Crippen LogP contribution in [0.2, 0.25) is 5.02 Å². The Morgan fingerprint density at radius 1 is 1.39 bits per heavy atom. The van der Waals surface area contributed by atoms with Gasteiger partial charge in [0.15, 0.2) is 12.2 Å². The minimum absolute atomic E-state index is 0.123. The number of amides is 1. The van der Waals surface area contributed by atoms with Crippen LogP contribution in [-0.4, -0.2) is 28.7 Å². The van der Waals surface area contributed by atoms with Crippen LogP contribution in [0.3, 0.4) is 0 Å². The highest BCUT2D eigenvalue weighted by atomic mass is 35.5. The molecule has 92 valence electrons. The van der Waals surface area contributed by atoms with Gasteiger partial charge < -0.3 is 0 Å². The molecule has 2 aliphatic rings. The molecule has 0 fully saturated rings. The zero-order chi connectivity index (χ0) is 12.7. The van der Waals surface area contributed by atoms with Crippen LogP contribution in [0.15, 0.2) is 29.7 Å². The highest BCUT2D eigenvalue weighted by molar-refractivity contribution is 8.16. The van der Waals surface area contributed by atoms with Gasteiger partial charge in [0, 0.05) is 27.8 Å². The topological polar surface area (TPSA) is 24.5 Å². The van der Waals surface area contributed by atoms with Crippen molar-refractivity contribution in [3.05, 3.63) is 40.3 Å². The first-order valence-corrected chi connectivity index (χ1v) is 7.07. The largest absolute Gasteiger partial charge is 0.417 e. The highest BCUT2D eigenvalue weighted by Crippen LogP contribution is 2.22. The number of rotatable bonds is 1. The summed E-state index contributed by atoms with van der Waals surface area (Å²) in [5.41, 5.74) is 2.40. The molecule has 1 atom stereocenters. The Morgan fingerprint density at radius 3 is 2.78 bits per heavy atom. The minimum atomic E-state index is 0.123. The van der Waals surface area contributed by atoms with E-state index in [9.17, 15) is 4.79 Å². The lowest BCUT2D eigenvalue weighted by Gasteiger charge is -2.06. The minimum Gasteiger partial charge on any atom is -0.220 e. The molecule has 5 heteroatoms. The molecule has 1 amide bonds. The van der Waals surface area contributed by atoms with Gasteiger partial charge in [-0.1, -0.05) is 11.6 Å². The molecule has 2 aliphatic heterocycles. The Hall–Kier alpha value is -1.10. The zero-order valence-corrected chi connectivity index (χ0v) is 11.5. The van der Waals surface area contributed by atoms with Crippen molar-refractivity contribution < 1.29 is 14.3 Å². The second-order valence-electron chi connectivity index (χ2n) is 4.36. The summed E-state index contributed by atoms with van der Waals surface area (Å²) in [5, 5.41) is 3.98. The van der Waals surface area contributed by atoms with Crippen molar-refractivity contribution in [2.45, 2.75) is 6.92 Å². The van der Waals surface area contributed by atoms with E-state index in [1.165, 1.54) is 16.2 Å². The predicted molar refractivity (Wildman–Crippen MR) is 73.7 cm³/mol. The van der Waals surface area contributed by atoms with E-state index in [0.717, 1.165) is 23.3 Å². The Labute approximate surface area is 115 Å². The summed E-state index contributed by atoms with van der Waals surface area (Å²) < 4.78 is 1.86. The third-order valence-electron chi connectivity index (χ3n) is 3.24. The lowest BCUT2D eigenvalue weighted by molar-refractivity contribution is -0.711. The Kier molecular flexibility index (Phi) is 3.01. The first-order chi connectivity index (χ1) is 8.66. The van der Waals surface area contributed by atoms with Crippen LogP contribution in [0.5, 0.6) is 0 Å². The summed E-state index contributed by atoms with van der Waals surface area (Å²) in [5.74, 6) is 0.123. The van der Waals surface area contributed by atoms with Crippen LogP contribution in [0.25, 0.3) is 5.70 Å². The molecule has 3 nitrogen and oxygen atoms in total. The number of hydrogen-bond acceptors (Lipinski definition) is 2. The standard InChI is InChI=1S/C13H12ClN2OS/c1-9(17)15-6-7-16-12(8-18-13(15)16)10-2-4-11(14)5-3-10/h2-5,8H,6-7H2,1H3/q+1/p+1. The van der Waals surface area contributed by atoms with Crippen LogP contribution in [0.4, 0.5) is 0 Å². The van der Waals surface area contributed by atoms with E-state index in [-0.39, 0.29) is 5.91 Å². The van der Waals surface area contributed by atoms with E-state index in [0.29, 0.717) is 0 Å². The average molecular weight is 281 g/mol. The quantitative estimate of drug-likeness (QED) is 0.782. The zero-order valence-electron chi connectivity index (χ0n) is 9.94. The van der Waals surface area contributed by atoms with E-state index in [2.05, 4.69) is 5.41 Å². The number of amidine groups is 1. The highest BCUT2D eigenvalue weighted by Gasteiger charge is 2.45. The first kappa shape index (κ1) is 12.0. The van der Waals surface area contributed by atoms with Crippen molar-refractivity contribution in [3.8, 4) is 0 Å². The summed E-state index contributed by atoms with van der Waals surface area (Å²) in [6, 6.07) is 7.86. The van der Waals surface area contributed by atoms with Crippen LogP contribution in [-0.2, 0) is 4.79 Å². The molecule has 1 unspecified atom stereocenters. The fourth-order valence-electron chi connectivity index (χ4n) is 2.34. The van der Waals surface area contributed by atoms with Crippen LogP contribution in [0.1, 0.15) is 12.5 Å². The average Bonchev–Trinajstić information content (AvgIpc) is 2.90. The van der Waals surface area contributed by atoms with Gasteiger partial charge in [-0.25, -0.2) is 9.69 Å². The summed E-state index contributed by atoms with van der Waals surface area (Å²) in [4.78, 5) is 12.8. The third kappa shape index (κ3) is 1.90. The number of benzene rings is 1. The molecule has 2 heterocycles. The van der Waals surface area contributed by atoms with Crippen molar-refractivity contribution in [1.29, 1.82) is 0 Å². The molecule has 18 heavy (non-hydrogen) atoms. The maximum atomic E-state index is 11.5. The second kappa shape index (κ2) is 4.53. The van der Waals surface area contributed by atoms with Gasteiger partial charge in [0.2, 0.25) is 6.54 Å². The number of quaternary nitrogens is 1. The number of halogens is 1. The number of carbonyl (C=O) groups is 1. The van der Waals surface area contributed by atoms with Crippen LogP contribution in [0, 0.1) is 0 Å². The van der Waals surface area contributed by atoms with Gasteiger partial charge in [0.05, 0.1) is 6.92 Å². The van der Waals surface area contributed by atoms with E-state index < -0.39 is 0 Å². The fourth-order valence-corrected chi connectivity index (χ4v) is 3.67. The normalized spacial score (nSPS) is 22.1. The third-order valence-corrected chi connectivity index (χ3v) is 4.53. The lowest BCUT2D eigenvalue weighted by atomic mass is 10.1. The molecule has 0 saturated heterocycles. The van der Waals surface area contributed by atoms with Gasteiger partial charge in [-0.3, -0.25) is 0 Å². The fraction of sp³-hybridized carbons (Fsp3) is 0.231. The number of carbonyl (C=O) groups excluding carboxylic acids is 1. The molecule has 0 spiro atoms. The van der Waals surface area contributed by atoms with Gasteiger partial charge in [-0.05, 0) is 24.3 Å². The van der Waals surface area contributed by atoms with Crippen molar-refractivity contribution in [2.75, 3.05) is 13.1 Å². The molecule has 3 rings (SSSR count). The van der Waals surface area contributed by atoms with Crippen molar-refractivity contribution >= 4 is 40.1 Å². The molecule has 1 aromatic carbocycles. The van der Waals surface area contributed by atoms with Crippen molar-refractivity contribution in [3.63, 3.8) is 0 Å². The number of nitrogens with zero attached hydrogens (tertiary/aromatic N) is 1. The SMILES string of the molecule is CC(=O)[N+]1=C2SC=C(c3ccc(Cl)cc3)[NH+]2CC1. The molecule has 0 bridgehead atoms. The van der Waals surface area contributed by atoms with Gasteiger partial charge in [0.1, 0.15) is 0 Å². The number of nitrogens with one attached hydrogen (secondary N) is 1. The van der Waals surface area contributed by atoms with Gasteiger partial charge in [0.25, 0.3) is 0 Å². The Bertz CT molecular complexity index is 577. The smallest absolute Gasteiger partial charge is 0.220 e. The number of fused-ring (bicyclic) bond motifs is 1. The lowest BCUT2D eigenvalue weighted by Crippen LogP contribution is -3.09. The van der Waals surface area contributed by atoms with Crippen LogP contribution >= 0.6 is 23.4 Å². The van der Waals surface area contributed by atoms with Crippen molar-refractivity contribution in [2.24, 2.45) is 0 Å². The molecule has 0 aromatic heterocycles. The predicted octanol–water partition coefficient (Wildman–Crippen LogP) is 1.20. The van der Waals surface area contributed by atoms with E-state index in [1.807, 2.05) is 28.8 Å². The van der Waals surface area contributed by atoms with E-state index in [1.54, 1.807) is 18.7 Å². The number of hydrogen-bond donors (Lipinski definition) is 1. The number of thioether (sulfide) groups is 1. The summed E-state index contributed by atoms with van der Waals surface area (Å²) >= 11 is 7.55. The van der Waals surface area contributed by atoms with Gasteiger partial charge in [-0.15, -0.1) is 4.58 Å². The van der Waals surface area contributed by atoms with E-state index >= 15 is 0 Å². The molecule has 0 radical (unpaired) electrons.